The molecule has 0 aliphatic heterocycles. The van der Waals surface area contributed by atoms with E-state index in [-0.39, 0.29) is 11.5 Å². The van der Waals surface area contributed by atoms with E-state index in [2.05, 4.69) is 25.8 Å². The molecule has 0 radical (unpaired) electrons. The van der Waals surface area contributed by atoms with Gasteiger partial charge in [0.15, 0.2) is 0 Å². The Labute approximate surface area is 110 Å². The number of hydrogen-bond donors (Lipinski definition) is 1. The molecule has 1 aliphatic rings. The van der Waals surface area contributed by atoms with Crippen LogP contribution in [0.25, 0.3) is 0 Å². The summed E-state index contributed by atoms with van der Waals surface area (Å²) in [6.45, 7) is 6.57. The monoisotopic (exact) mass is 247 g/mol. The van der Waals surface area contributed by atoms with Gasteiger partial charge in [0.2, 0.25) is 0 Å². The van der Waals surface area contributed by atoms with Gasteiger partial charge in [-0.25, -0.2) is 0 Å². The average molecular weight is 247 g/mol. The lowest BCUT2D eigenvalue weighted by atomic mass is 9.71. The molecule has 1 atom stereocenters. The molecule has 1 fully saturated rings. The van der Waals surface area contributed by atoms with Crippen molar-refractivity contribution >= 4 is 0 Å². The molecule has 18 heavy (non-hydrogen) atoms. The molecule has 1 unspecified atom stereocenters. The molecule has 1 N–H and O–H groups in total. The van der Waals surface area contributed by atoms with Gasteiger partial charge in [0.05, 0.1) is 6.10 Å². The van der Waals surface area contributed by atoms with E-state index >= 15 is 0 Å². The van der Waals surface area contributed by atoms with Gasteiger partial charge in [-0.05, 0) is 43.7 Å². The number of aromatic nitrogens is 1. The fourth-order valence-corrected chi connectivity index (χ4v) is 3.57. The summed E-state index contributed by atoms with van der Waals surface area (Å²) in [6, 6.07) is 2.00. The van der Waals surface area contributed by atoms with Crippen molar-refractivity contribution in [2.24, 2.45) is 11.3 Å². The zero-order valence-corrected chi connectivity index (χ0v) is 11.8. The van der Waals surface area contributed by atoms with Crippen LogP contribution in [0.3, 0.4) is 0 Å². The van der Waals surface area contributed by atoms with E-state index in [4.69, 9.17) is 0 Å². The minimum absolute atomic E-state index is 0.0853. The van der Waals surface area contributed by atoms with Crippen molar-refractivity contribution in [2.75, 3.05) is 0 Å². The summed E-state index contributed by atoms with van der Waals surface area (Å²) in [5.74, 6) is 0.634. The lowest BCUT2D eigenvalue weighted by molar-refractivity contribution is 0.0105. The van der Waals surface area contributed by atoms with Gasteiger partial charge >= 0.3 is 0 Å². The molecule has 1 aromatic rings. The van der Waals surface area contributed by atoms with Gasteiger partial charge in [-0.1, -0.05) is 26.7 Å². The number of aryl methyl sites for hydroxylation is 1. The van der Waals surface area contributed by atoms with E-state index in [0.717, 1.165) is 30.4 Å². The third kappa shape index (κ3) is 2.59. The molecule has 2 heteroatoms. The highest BCUT2D eigenvalue weighted by molar-refractivity contribution is 5.26. The second kappa shape index (κ2) is 5.40. The maximum absolute atomic E-state index is 10.9. The van der Waals surface area contributed by atoms with Crippen LogP contribution in [0.4, 0.5) is 0 Å². The summed E-state index contributed by atoms with van der Waals surface area (Å²) in [6.07, 6.45) is 9.22. The Kier molecular flexibility index (Phi) is 4.06. The highest BCUT2D eigenvalue weighted by atomic mass is 16.3. The number of aliphatic hydroxyl groups is 1. The normalized spacial score (nSPS) is 20.3. The highest BCUT2D eigenvalue weighted by Crippen LogP contribution is 2.51. The predicted octanol–water partition coefficient (Wildman–Crippen LogP) is 4.03. The van der Waals surface area contributed by atoms with E-state index in [1.165, 1.54) is 12.8 Å². The molecule has 1 aliphatic carbocycles. The van der Waals surface area contributed by atoms with Crippen LogP contribution in [0.2, 0.25) is 0 Å². The van der Waals surface area contributed by atoms with Crippen molar-refractivity contribution in [3.05, 3.63) is 29.6 Å². The molecule has 1 aromatic heterocycles. The Hall–Kier alpha value is -0.890. The largest absolute Gasteiger partial charge is 0.388 e. The standard InChI is InChI=1S/C16H25NO/c1-12(2)10-16(7-4-5-8-16)15(18)14-11-17-9-6-13(14)3/h6,9,11-12,15,18H,4-5,7-8,10H2,1-3H3. The van der Waals surface area contributed by atoms with Crippen molar-refractivity contribution in [1.29, 1.82) is 0 Å². The average Bonchev–Trinajstić information content (AvgIpc) is 2.77. The first-order valence-electron chi connectivity index (χ1n) is 7.14. The Morgan fingerprint density at radius 3 is 2.56 bits per heavy atom. The van der Waals surface area contributed by atoms with Gasteiger partial charge in [-0.15, -0.1) is 0 Å². The Bertz CT molecular complexity index is 394. The van der Waals surface area contributed by atoms with Gasteiger partial charge < -0.3 is 5.11 Å². The predicted molar refractivity (Wildman–Crippen MR) is 74.3 cm³/mol. The molecule has 0 amide bonds. The molecular formula is C16H25NO. The lowest BCUT2D eigenvalue weighted by Gasteiger charge is -2.36. The van der Waals surface area contributed by atoms with Crippen LogP contribution in [0, 0.1) is 18.3 Å². The minimum Gasteiger partial charge on any atom is -0.388 e. The first-order valence-corrected chi connectivity index (χ1v) is 7.14. The van der Waals surface area contributed by atoms with E-state index in [9.17, 15) is 5.11 Å². The summed E-state index contributed by atoms with van der Waals surface area (Å²) >= 11 is 0. The first-order chi connectivity index (χ1) is 8.55. The molecule has 0 spiro atoms. The third-order valence-electron chi connectivity index (χ3n) is 4.37. The van der Waals surface area contributed by atoms with Crippen molar-refractivity contribution < 1.29 is 5.11 Å². The van der Waals surface area contributed by atoms with Gasteiger partial charge in [-0.2, -0.15) is 0 Å². The van der Waals surface area contributed by atoms with Crippen LogP contribution in [-0.2, 0) is 0 Å². The minimum atomic E-state index is -0.351. The number of hydrogen-bond acceptors (Lipinski definition) is 2. The second-order valence-corrected chi connectivity index (χ2v) is 6.30. The summed E-state index contributed by atoms with van der Waals surface area (Å²) in [7, 11) is 0. The Morgan fingerprint density at radius 2 is 2.00 bits per heavy atom. The fourth-order valence-electron chi connectivity index (χ4n) is 3.57. The molecule has 2 nitrogen and oxygen atoms in total. The molecular weight excluding hydrogens is 222 g/mol. The second-order valence-electron chi connectivity index (χ2n) is 6.30. The summed E-state index contributed by atoms with van der Waals surface area (Å²) in [5, 5.41) is 10.9. The van der Waals surface area contributed by atoms with E-state index in [1.807, 2.05) is 12.3 Å². The third-order valence-corrected chi connectivity index (χ3v) is 4.37. The number of nitrogens with zero attached hydrogens (tertiary/aromatic N) is 1. The van der Waals surface area contributed by atoms with Gasteiger partial charge in [0.25, 0.3) is 0 Å². The van der Waals surface area contributed by atoms with Crippen molar-refractivity contribution in [3.8, 4) is 0 Å². The molecule has 0 bridgehead atoms. The van der Waals surface area contributed by atoms with Gasteiger partial charge in [0.1, 0.15) is 0 Å². The van der Waals surface area contributed by atoms with Crippen molar-refractivity contribution in [2.45, 2.75) is 59.0 Å². The van der Waals surface area contributed by atoms with Crippen LogP contribution in [0.1, 0.15) is 63.2 Å². The van der Waals surface area contributed by atoms with E-state index < -0.39 is 0 Å². The molecule has 100 valence electrons. The fraction of sp³-hybridized carbons (Fsp3) is 0.688. The maximum atomic E-state index is 10.9. The summed E-state index contributed by atoms with van der Waals surface area (Å²) < 4.78 is 0. The molecule has 0 aromatic carbocycles. The summed E-state index contributed by atoms with van der Waals surface area (Å²) in [4.78, 5) is 4.19. The van der Waals surface area contributed by atoms with E-state index in [0.29, 0.717) is 5.92 Å². The van der Waals surface area contributed by atoms with Gasteiger partial charge in [-0.3, -0.25) is 4.98 Å². The maximum Gasteiger partial charge on any atom is 0.0863 e. The van der Waals surface area contributed by atoms with Crippen LogP contribution >= 0.6 is 0 Å². The lowest BCUT2D eigenvalue weighted by Crippen LogP contribution is -2.28. The Morgan fingerprint density at radius 1 is 1.33 bits per heavy atom. The van der Waals surface area contributed by atoms with Crippen LogP contribution in [-0.4, -0.2) is 10.1 Å². The van der Waals surface area contributed by atoms with Crippen molar-refractivity contribution in [1.82, 2.24) is 4.98 Å². The Balaban J connectivity index is 2.29. The van der Waals surface area contributed by atoms with Crippen LogP contribution in [0.15, 0.2) is 18.5 Å². The zero-order valence-electron chi connectivity index (χ0n) is 11.8. The number of pyridine rings is 1. The first kappa shape index (κ1) is 13.5. The highest BCUT2D eigenvalue weighted by Gasteiger charge is 2.41. The molecule has 0 saturated heterocycles. The summed E-state index contributed by atoms with van der Waals surface area (Å²) in [5.41, 5.74) is 2.27. The molecule has 2 rings (SSSR count). The quantitative estimate of drug-likeness (QED) is 0.871. The zero-order chi connectivity index (χ0) is 13.2. The topological polar surface area (TPSA) is 33.1 Å². The van der Waals surface area contributed by atoms with E-state index in [1.54, 1.807) is 6.20 Å². The van der Waals surface area contributed by atoms with Crippen molar-refractivity contribution in [3.63, 3.8) is 0 Å². The SMILES string of the molecule is Cc1ccncc1C(O)C1(CC(C)C)CCCC1. The van der Waals surface area contributed by atoms with Crippen LogP contribution in [0.5, 0.6) is 0 Å². The number of rotatable bonds is 4. The van der Waals surface area contributed by atoms with Gasteiger partial charge in [0, 0.05) is 23.4 Å². The smallest absolute Gasteiger partial charge is 0.0863 e. The molecule has 1 heterocycles. The van der Waals surface area contributed by atoms with Crippen LogP contribution < -0.4 is 0 Å². The molecule has 1 saturated carbocycles. The number of aliphatic hydroxyl groups excluding tert-OH is 1.